The molecule has 0 aromatic rings. The normalized spacial score (nSPS) is 54.2. The zero-order valence-corrected chi connectivity index (χ0v) is 15.4. The van der Waals surface area contributed by atoms with E-state index in [0.717, 1.165) is 32.1 Å². The first-order valence-electron chi connectivity index (χ1n) is 10.0. The van der Waals surface area contributed by atoms with E-state index in [0.29, 0.717) is 42.3 Å². The van der Waals surface area contributed by atoms with E-state index in [1.807, 2.05) is 0 Å². The van der Waals surface area contributed by atoms with Crippen LogP contribution in [0.25, 0.3) is 0 Å². The average Bonchev–Trinajstić information content (AvgIpc) is 2.78. The summed E-state index contributed by atoms with van der Waals surface area (Å²) in [6.07, 6.45) is 6.85. The first kappa shape index (κ1) is 16.8. The van der Waals surface area contributed by atoms with Crippen LogP contribution in [0, 0.1) is 40.4 Å². The Morgan fingerprint density at radius 2 is 1.79 bits per heavy atom. The first-order chi connectivity index (χ1) is 11.3. The number of carbonyl (C=O) groups excluding carboxylic acids is 2. The number of carbonyl (C=O) groups is 2. The Kier molecular flexibility index (Phi) is 3.77. The predicted octanol–water partition coefficient (Wildman–Crippen LogP) is 3.77. The minimum absolute atomic E-state index is 0.0495. The molecule has 4 aliphatic carbocycles. The fourth-order valence-electron chi connectivity index (χ4n) is 7.68. The van der Waals surface area contributed by atoms with Gasteiger partial charge in [-0.25, -0.2) is 0 Å². The number of hydrogen-bond donors (Lipinski definition) is 1. The van der Waals surface area contributed by atoms with Gasteiger partial charge in [-0.1, -0.05) is 20.8 Å². The molecule has 134 valence electrons. The summed E-state index contributed by atoms with van der Waals surface area (Å²) in [7, 11) is 0. The van der Waals surface area contributed by atoms with Gasteiger partial charge in [0.05, 0.1) is 0 Å². The number of Topliss-reactive ketones (excluding diaryl/α,β-unsaturated/α-hetero) is 2. The number of aliphatic hydroxyl groups excluding tert-OH is 1. The van der Waals surface area contributed by atoms with Gasteiger partial charge in [-0.15, -0.1) is 0 Å². The van der Waals surface area contributed by atoms with E-state index in [9.17, 15) is 14.7 Å². The Hall–Kier alpha value is -0.700. The van der Waals surface area contributed by atoms with Gasteiger partial charge < -0.3 is 5.11 Å². The van der Waals surface area contributed by atoms with Crippen LogP contribution in [0.2, 0.25) is 0 Å². The number of ketones is 2. The molecule has 0 saturated heterocycles. The highest BCUT2D eigenvalue weighted by atomic mass is 16.3. The van der Waals surface area contributed by atoms with Crippen LogP contribution in [0.15, 0.2) is 0 Å². The molecule has 4 aliphatic rings. The summed E-state index contributed by atoms with van der Waals surface area (Å²) in [4.78, 5) is 24.9. The Labute approximate surface area is 145 Å². The molecule has 0 heterocycles. The van der Waals surface area contributed by atoms with Crippen molar-refractivity contribution in [1.29, 1.82) is 0 Å². The highest BCUT2D eigenvalue weighted by Gasteiger charge is 2.62. The largest absolute Gasteiger partial charge is 0.385 e. The fourth-order valence-corrected chi connectivity index (χ4v) is 7.68. The van der Waals surface area contributed by atoms with E-state index < -0.39 is 6.10 Å². The van der Waals surface area contributed by atoms with Crippen molar-refractivity contribution in [2.75, 3.05) is 0 Å². The van der Waals surface area contributed by atoms with Gasteiger partial charge in [-0.2, -0.15) is 0 Å². The van der Waals surface area contributed by atoms with Crippen LogP contribution >= 0.6 is 0 Å². The summed E-state index contributed by atoms with van der Waals surface area (Å²) in [5.41, 5.74) is 0.238. The van der Waals surface area contributed by atoms with Crippen molar-refractivity contribution >= 4 is 11.6 Å². The van der Waals surface area contributed by atoms with Gasteiger partial charge in [-0.05, 0) is 73.0 Å². The molecule has 24 heavy (non-hydrogen) atoms. The third kappa shape index (κ3) is 2.06. The molecule has 4 fully saturated rings. The van der Waals surface area contributed by atoms with Crippen LogP contribution in [-0.2, 0) is 9.59 Å². The summed E-state index contributed by atoms with van der Waals surface area (Å²) in [5.74, 6) is 2.97. The summed E-state index contributed by atoms with van der Waals surface area (Å²) in [6, 6.07) is 0. The summed E-state index contributed by atoms with van der Waals surface area (Å²) >= 11 is 0. The Morgan fingerprint density at radius 1 is 1.04 bits per heavy atom. The summed E-state index contributed by atoms with van der Waals surface area (Å²) in [6.45, 7) is 6.86. The van der Waals surface area contributed by atoms with Crippen molar-refractivity contribution in [3.63, 3.8) is 0 Å². The number of fused-ring (bicyclic) bond motifs is 5. The van der Waals surface area contributed by atoms with Crippen molar-refractivity contribution in [3.05, 3.63) is 0 Å². The maximum absolute atomic E-state index is 12.6. The third-order valence-corrected chi connectivity index (χ3v) is 8.95. The van der Waals surface area contributed by atoms with E-state index in [-0.39, 0.29) is 22.5 Å². The van der Waals surface area contributed by atoms with Gasteiger partial charge in [0.2, 0.25) is 0 Å². The molecule has 1 N–H and O–H groups in total. The van der Waals surface area contributed by atoms with Gasteiger partial charge in [0.1, 0.15) is 11.9 Å². The molecule has 3 nitrogen and oxygen atoms in total. The molecular formula is C21H32O3. The first-order valence-corrected chi connectivity index (χ1v) is 10.0. The number of rotatable bonds is 1. The molecule has 0 radical (unpaired) electrons. The molecule has 0 aliphatic heterocycles. The van der Waals surface area contributed by atoms with Crippen LogP contribution in [0.4, 0.5) is 0 Å². The molecule has 4 saturated carbocycles. The van der Waals surface area contributed by atoms with E-state index in [4.69, 9.17) is 0 Å². The van der Waals surface area contributed by atoms with Gasteiger partial charge in [0, 0.05) is 18.8 Å². The van der Waals surface area contributed by atoms with Crippen LogP contribution < -0.4 is 0 Å². The summed E-state index contributed by atoms with van der Waals surface area (Å²) in [5, 5.41) is 10.0. The Morgan fingerprint density at radius 3 is 2.50 bits per heavy atom. The fraction of sp³-hybridized carbons (Fsp3) is 0.905. The zero-order chi connectivity index (χ0) is 17.3. The molecule has 0 bridgehead atoms. The lowest BCUT2D eigenvalue weighted by molar-refractivity contribution is -0.154. The lowest BCUT2D eigenvalue weighted by Crippen LogP contribution is -2.55. The maximum Gasteiger partial charge on any atom is 0.161 e. The molecule has 0 amide bonds. The van der Waals surface area contributed by atoms with Crippen LogP contribution in [0.5, 0.6) is 0 Å². The second kappa shape index (κ2) is 5.40. The highest BCUT2D eigenvalue weighted by molar-refractivity contribution is 5.85. The second-order valence-electron chi connectivity index (χ2n) is 9.73. The van der Waals surface area contributed by atoms with Crippen molar-refractivity contribution in [1.82, 2.24) is 0 Å². The molecule has 4 unspecified atom stereocenters. The Bertz CT molecular complexity index is 569. The minimum atomic E-state index is -0.731. The topological polar surface area (TPSA) is 54.4 Å². The number of aliphatic hydroxyl groups is 1. The molecule has 8 atom stereocenters. The maximum atomic E-state index is 12.6. The average molecular weight is 332 g/mol. The third-order valence-electron chi connectivity index (χ3n) is 8.95. The minimum Gasteiger partial charge on any atom is -0.385 e. The SMILES string of the molecule is CC[C@H]1C(=O)CC2C3CCC4C[C@@H](O)C(=O)C[C@]4(C)C3CC[C@@]21C. The molecular weight excluding hydrogens is 300 g/mol. The van der Waals surface area contributed by atoms with Crippen LogP contribution in [0.1, 0.15) is 72.1 Å². The van der Waals surface area contributed by atoms with E-state index in [2.05, 4.69) is 20.8 Å². The van der Waals surface area contributed by atoms with Gasteiger partial charge in [0.15, 0.2) is 5.78 Å². The van der Waals surface area contributed by atoms with E-state index in [1.165, 1.54) is 6.42 Å². The zero-order valence-electron chi connectivity index (χ0n) is 15.4. The number of hydrogen-bond acceptors (Lipinski definition) is 3. The van der Waals surface area contributed by atoms with Crippen LogP contribution in [0.3, 0.4) is 0 Å². The van der Waals surface area contributed by atoms with Crippen molar-refractivity contribution in [2.24, 2.45) is 40.4 Å². The molecule has 0 aromatic heterocycles. The smallest absolute Gasteiger partial charge is 0.161 e. The molecule has 0 spiro atoms. The predicted molar refractivity (Wildman–Crippen MR) is 92.3 cm³/mol. The second-order valence-corrected chi connectivity index (χ2v) is 9.73. The summed E-state index contributed by atoms with van der Waals surface area (Å²) < 4.78 is 0. The van der Waals surface area contributed by atoms with Gasteiger partial charge in [-0.3, -0.25) is 9.59 Å². The molecule has 0 aromatic carbocycles. The highest BCUT2D eigenvalue weighted by Crippen LogP contribution is 2.66. The molecule has 3 heteroatoms. The lowest BCUT2D eigenvalue weighted by Gasteiger charge is -2.60. The standard InChI is InChI=1S/C21H32O3/c1-4-14-17(22)10-16-13-6-5-12-9-18(23)19(24)11-21(12,3)15(13)7-8-20(14,16)2/h12-16,18,23H,4-11H2,1-3H3/t12?,13?,14-,15?,16?,18+,20+,21-/m0/s1. The van der Waals surface area contributed by atoms with Crippen LogP contribution in [-0.4, -0.2) is 22.8 Å². The lowest BCUT2D eigenvalue weighted by atomic mass is 9.44. The van der Waals surface area contributed by atoms with Gasteiger partial charge in [0.25, 0.3) is 0 Å². The Balaban J connectivity index is 1.66. The van der Waals surface area contributed by atoms with Gasteiger partial charge >= 0.3 is 0 Å². The van der Waals surface area contributed by atoms with Crippen molar-refractivity contribution < 1.29 is 14.7 Å². The van der Waals surface area contributed by atoms with Crippen molar-refractivity contribution in [2.45, 2.75) is 78.2 Å². The van der Waals surface area contributed by atoms with E-state index in [1.54, 1.807) is 0 Å². The monoisotopic (exact) mass is 332 g/mol. The quantitative estimate of drug-likeness (QED) is 0.795. The van der Waals surface area contributed by atoms with E-state index >= 15 is 0 Å². The molecule has 4 rings (SSSR count). The van der Waals surface area contributed by atoms with Crippen molar-refractivity contribution in [3.8, 4) is 0 Å².